The third-order valence-corrected chi connectivity index (χ3v) is 3.16. The zero-order valence-electron chi connectivity index (χ0n) is 10.1. The van der Waals surface area contributed by atoms with Gasteiger partial charge in [0.1, 0.15) is 0 Å². The van der Waals surface area contributed by atoms with Crippen LogP contribution in [0.15, 0.2) is 24.4 Å². The number of pyridine rings is 1. The number of amides is 1. The fourth-order valence-electron chi connectivity index (χ4n) is 2.11. The largest absolute Gasteiger partial charge is 0.348 e. The Labute approximate surface area is 102 Å². The minimum absolute atomic E-state index is 0.0226. The van der Waals surface area contributed by atoms with Crippen molar-refractivity contribution >= 4 is 5.91 Å². The zero-order valence-corrected chi connectivity index (χ0v) is 10.1. The maximum absolute atomic E-state index is 12.0. The van der Waals surface area contributed by atoms with Crippen LogP contribution in [0.4, 0.5) is 0 Å². The van der Waals surface area contributed by atoms with Gasteiger partial charge in [0.2, 0.25) is 5.91 Å². The molecule has 0 unspecified atom stereocenters. The van der Waals surface area contributed by atoms with Gasteiger partial charge in [0.05, 0.1) is 17.7 Å². The molecule has 1 amide bonds. The van der Waals surface area contributed by atoms with Gasteiger partial charge in [0.25, 0.3) is 0 Å². The van der Waals surface area contributed by atoms with E-state index >= 15 is 0 Å². The van der Waals surface area contributed by atoms with Gasteiger partial charge in [-0.3, -0.25) is 9.78 Å². The molecular formula is C13H19N3O. The topological polar surface area (TPSA) is 54.0 Å². The molecule has 0 aliphatic carbocycles. The monoisotopic (exact) mass is 233 g/mol. The fraction of sp³-hybridized carbons (Fsp3) is 0.538. The van der Waals surface area contributed by atoms with E-state index < -0.39 is 0 Å². The third kappa shape index (κ3) is 3.27. The van der Waals surface area contributed by atoms with Gasteiger partial charge in [0.15, 0.2) is 0 Å². The van der Waals surface area contributed by atoms with E-state index in [1.165, 1.54) is 0 Å². The molecule has 1 aliphatic rings. The van der Waals surface area contributed by atoms with Crippen molar-refractivity contribution in [2.24, 2.45) is 5.92 Å². The van der Waals surface area contributed by atoms with Crippen LogP contribution in [0.5, 0.6) is 0 Å². The molecule has 0 aromatic carbocycles. The van der Waals surface area contributed by atoms with E-state index in [4.69, 9.17) is 0 Å². The van der Waals surface area contributed by atoms with E-state index in [2.05, 4.69) is 15.6 Å². The Balaban J connectivity index is 1.89. The molecule has 2 rings (SSSR count). The number of hydrogen-bond acceptors (Lipinski definition) is 3. The van der Waals surface area contributed by atoms with E-state index in [1.807, 2.05) is 25.1 Å². The highest BCUT2D eigenvalue weighted by Crippen LogP contribution is 2.13. The van der Waals surface area contributed by atoms with Crippen LogP contribution in [-0.2, 0) is 4.79 Å². The van der Waals surface area contributed by atoms with Crippen LogP contribution in [0.2, 0.25) is 0 Å². The molecule has 92 valence electrons. The summed E-state index contributed by atoms with van der Waals surface area (Å²) in [7, 11) is 0. The number of carbonyl (C=O) groups excluding carboxylic acids is 1. The van der Waals surface area contributed by atoms with Crippen molar-refractivity contribution in [1.82, 2.24) is 15.6 Å². The summed E-state index contributed by atoms with van der Waals surface area (Å²) in [5.74, 6) is 0.241. The number of hydrogen-bond donors (Lipinski definition) is 2. The first-order chi connectivity index (χ1) is 8.27. The van der Waals surface area contributed by atoms with Crippen LogP contribution in [0, 0.1) is 5.92 Å². The van der Waals surface area contributed by atoms with Crippen LogP contribution in [0.1, 0.15) is 31.5 Å². The molecule has 1 aliphatic heterocycles. The number of nitrogens with zero attached hydrogens (tertiary/aromatic N) is 1. The highest BCUT2D eigenvalue weighted by atomic mass is 16.2. The molecule has 17 heavy (non-hydrogen) atoms. The van der Waals surface area contributed by atoms with Gasteiger partial charge >= 0.3 is 0 Å². The average Bonchev–Trinajstić information content (AvgIpc) is 2.40. The number of carbonyl (C=O) groups is 1. The highest BCUT2D eigenvalue weighted by Gasteiger charge is 2.22. The smallest absolute Gasteiger partial charge is 0.224 e. The quantitative estimate of drug-likeness (QED) is 0.826. The molecule has 1 aromatic heterocycles. The Hall–Kier alpha value is -1.42. The summed E-state index contributed by atoms with van der Waals surface area (Å²) in [6.45, 7) is 3.79. The average molecular weight is 233 g/mol. The van der Waals surface area contributed by atoms with Gasteiger partial charge in [-0.25, -0.2) is 0 Å². The molecule has 1 aromatic rings. The standard InChI is InChI=1S/C13H19N3O/c1-10(12-6-2-3-8-15-12)16-13(17)11-5-4-7-14-9-11/h2-3,6,8,10-11,14H,4-5,7,9H2,1H3,(H,16,17)/t10-,11+/m1/s1. The Kier molecular flexibility index (Phi) is 4.09. The molecule has 4 heteroatoms. The summed E-state index contributed by atoms with van der Waals surface area (Å²) in [5.41, 5.74) is 0.907. The maximum Gasteiger partial charge on any atom is 0.224 e. The predicted octanol–water partition coefficient (Wildman–Crippen LogP) is 1.26. The first-order valence-electron chi connectivity index (χ1n) is 6.19. The molecule has 2 atom stereocenters. The van der Waals surface area contributed by atoms with E-state index in [1.54, 1.807) is 6.20 Å². The van der Waals surface area contributed by atoms with Crippen molar-refractivity contribution in [2.75, 3.05) is 13.1 Å². The van der Waals surface area contributed by atoms with Crippen molar-refractivity contribution in [2.45, 2.75) is 25.8 Å². The second-order valence-corrected chi connectivity index (χ2v) is 4.53. The van der Waals surface area contributed by atoms with Crippen LogP contribution in [-0.4, -0.2) is 24.0 Å². The summed E-state index contributed by atoms with van der Waals surface area (Å²) in [4.78, 5) is 16.2. The van der Waals surface area contributed by atoms with Crippen molar-refractivity contribution < 1.29 is 4.79 Å². The molecule has 4 nitrogen and oxygen atoms in total. The summed E-state index contributed by atoms with van der Waals surface area (Å²) in [5, 5.41) is 6.28. The lowest BCUT2D eigenvalue weighted by atomic mass is 9.98. The Bertz CT molecular complexity index is 360. The van der Waals surface area contributed by atoms with E-state index in [0.29, 0.717) is 0 Å². The van der Waals surface area contributed by atoms with Crippen LogP contribution in [0.3, 0.4) is 0 Å². The van der Waals surface area contributed by atoms with Gasteiger partial charge in [-0.2, -0.15) is 0 Å². The van der Waals surface area contributed by atoms with Gasteiger partial charge in [-0.1, -0.05) is 6.07 Å². The molecular weight excluding hydrogens is 214 g/mol. The summed E-state index contributed by atoms with van der Waals surface area (Å²) in [6, 6.07) is 5.73. The van der Waals surface area contributed by atoms with Crippen molar-refractivity contribution in [1.29, 1.82) is 0 Å². The molecule has 0 radical (unpaired) electrons. The molecule has 0 bridgehead atoms. The van der Waals surface area contributed by atoms with E-state index in [9.17, 15) is 4.79 Å². The number of nitrogens with one attached hydrogen (secondary N) is 2. The molecule has 0 spiro atoms. The minimum Gasteiger partial charge on any atom is -0.348 e. The summed E-state index contributed by atoms with van der Waals surface area (Å²) in [6.07, 6.45) is 3.81. The van der Waals surface area contributed by atoms with Gasteiger partial charge in [-0.05, 0) is 38.4 Å². The van der Waals surface area contributed by atoms with Crippen molar-refractivity contribution in [3.8, 4) is 0 Å². The minimum atomic E-state index is -0.0226. The summed E-state index contributed by atoms with van der Waals surface area (Å²) >= 11 is 0. The first-order valence-corrected chi connectivity index (χ1v) is 6.19. The number of piperidine rings is 1. The molecule has 0 saturated carbocycles. The van der Waals surface area contributed by atoms with Crippen LogP contribution in [0.25, 0.3) is 0 Å². The van der Waals surface area contributed by atoms with E-state index in [-0.39, 0.29) is 17.9 Å². The van der Waals surface area contributed by atoms with Crippen molar-refractivity contribution in [3.63, 3.8) is 0 Å². The Morgan fingerprint density at radius 1 is 1.59 bits per heavy atom. The van der Waals surface area contributed by atoms with Gasteiger partial charge < -0.3 is 10.6 Å². The SMILES string of the molecule is C[C@@H](NC(=O)[C@H]1CCCNC1)c1ccccn1. The molecule has 2 heterocycles. The molecule has 1 fully saturated rings. The third-order valence-electron chi connectivity index (χ3n) is 3.16. The second-order valence-electron chi connectivity index (χ2n) is 4.53. The predicted molar refractivity (Wildman–Crippen MR) is 66.4 cm³/mol. The normalized spacial score (nSPS) is 21.8. The number of rotatable bonds is 3. The highest BCUT2D eigenvalue weighted by molar-refractivity contribution is 5.79. The summed E-state index contributed by atoms with van der Waals surface area (Å²) < 4.78 is 0. The lowest BCUT2D eigenvalue weighted by molar-refractivity contribution is -0.126. The van der Waals surface area contributed by atoms with Gasteiger partial charge in [0, 0.05) is 12.7 Å². The lowest BCUT2D eigenvalue weighted by Gasteiger charge is -2.23. The first kappa shape index (κ1) is 12.0. The molecule has 1 saturated heterocycles. The van der Waals surface area contributed by atoms with Crippen LogP contribution < -0.4 is 10.6 Å². The lowest BCUT2D eigenvalue weighted by Crippen LogP contribution is -2.41. The fourth-order valence-corrected chi connectivity index (χ4v) is 2.11. The Morgan fingerprint density at radius 3 is 3.12 bits per heavy atom. The van der Waals surface area contributed by atoms with Gasteiger partial charge in [-0.15, -0.1) is 0 Å². The van der Waals surface area contributed by atoms with Crippen molar-refractivity contribution in [3.05, 3.63) is 30.1 Å². The Morgan fingerprint density at radius 2 is 2.47 bits per heavy atom. The molecule has 2 N–H and O–H groups in total. The van der Waals surface area contributed by atoms with Crippen LogP contribution >= 0.6 is 0 Å². The zero-order chi connectivity index (χ0) is 12.1. The number of aromatic nitrogens is 1. The maximum atomic E-state index is 12.0. The van der Waals surface area contributed by atoms with E-state index in [0.717, 1.165) is 31.6 Å². The second kappa shape index (κ2) is 5.77.